The zero-order chi connectivity index (χ0) is 16.8. The number of nitrogens with zero attached hydrogens (tertiary/aromatic N) is 1. The normalized spacial score (nSPS) is 21.8. The Labute approximate surface area is 143 Å². The van der Waals surface area contributed by atoms with Crippen LogP contribution in [-0.2, 0) is 4.74 Å². The van der Waals surface area contributed by atoms with Gasteiger partial charge in [0, 0.05) is 23.5 Å². The molecule has 0 bridgehead atoms. The molecule has 4 rings (SSSR count). The van der Waals surface area contributed by atoms with Gasteiger partial charge in [0.25, 0.3) is 0 Å². The molecule has 0 radical (unpaired) electrons. The van der Waals surface area contributed by atoms with E-state index in [1.54, 1.807) is 12.3 Å². The van der Waals surface area contributed by atoms with Crippen LogP contribution < -0.4 is 5.43 Å². The third kappa shape index (κ3) is 2.25. The largest absolute Gasteiger partial charge is 0.461 e. The van der Waals surface area contributed by atoms with Crippen molar-refractivity contribution in [2.45, 2.75) is 37.6 Å². The van der Waals surface area contributed by atoms with Gasteiger partial charge in [0.15, 0.2) is 0 Å². The van der Waals surface area contributed by atoms with E-state index in [1.165, 1.54) is 6.07 Å². The highest BCUT2D eigenvalue weighted by Gasteiger charge is 2.37. The van der Waals surface area contributed by atoms with Gasteiger partial charge in [0.2, 0.25) is 5.43 Å². The first kappa shape index (κ1) is 15.6. The van der Waals surface area contributed by atoms with Crippen molar-refractivity contribution in [3.8, 4) is 0 Å². The zero-order valence-corrected chi connectivity index (χ0v) is 13.8. The quantitative estimate of drug-likeness (QED) is 0.626. The van der Waals surface area contributed by atoms with Crippen LogP contribution in [0.5, 0.6) is 0 Å². The summed E-state index contributed by atoms with van der Waals surface area (Å²) in [5, 5.41) is 0.264. The van der Waals surface area contributed by atoms with Gasteiger partial charge < -0.3 is 9.30 Å². The van der Waals surface area contributed by atoms with Gasteiger partial charge in [-0.15, -0.1) is 11.6 Å². The van der Waals surface area contributed by atoms with Crippen molar-refractivity contribution in [2.24, 2.45) is 0 Å². The molecule has 0 amide bonds. The second kappa shape index (κ2) is 5.88. The molecule has 0 N–H and O–H groups in total. The lowest BCUT2D eigenvalue weighted by atomic mass is 9.82. The first-order valence-electron chi connectivity index (χ1n) is 8.23. The summed E-state index contributed by atoms with van der Waals surface area (Å²) < 4.78 is 21.1. The Kier molecular flexibility index (Phi) is 3.83. The van der Waals surface area contributed by atoms with Gasteiger partial charge in [-0.3, -0.25) is 4.79 Å². The molecule has 1 aliphatic heterocycles. The van der Waals surface area contributed by atoms with Crippen molar-refractivity contribution in [1.82, 2.24) is 4.57 Å². The number of rotatable bonds is 3. The van der Waals surface area contributed by atoms with Crippen LogP contribution >= 0.6 is 11.6 Å². The summed E-state index contributed by atoms with van der Waals surface area (Å²) in [4.78, 5) is 24.9. The first-order chi connectivity index (χ1) is 11.6. The molecule has 6 heteroatoms. The lowest BCUT2D eigenvalue weighted by Gasteiger charge is -2.27. The van der Waals surface area contributed by atoms with Crippen molar-refractivity contribution >= 4 is 28.5 Å². The number of pyridine rings is 1. The standard InChI is InChI=1S/C18H17ClFNO3/c19-5-6-24-18(23)14-9-21-15-4-2-1-3-11(15)12-7-10(20)8-13(16(12)21)17(14)22/h7-9,11,15H,1-6H2. The summed E-state index contributed by atoms with van der Waals surface area (Å²) in [6.45, 7) is 0.0400. The molecular weight excluding hydrogens is 333 g/mol. The highest BCUT2D eigenvalue weighted by atomic mass is 35.5. The van der Waals surface area contributed by atoms with Gasteiger partial charge in [-0.1, -0.05) is 12.8 Å². The number of halogens is 2. The fourth-order valence-corrected chi connectivity index (χ4v) is 4.27. The molecule has 1 aromatic heterocycles. The minimum atomic E-state index is -0.698. The molecule has 126 valence electrons. The van der Waals surface area contributed by atoms with Crippen LogP contribution in [0.1, 0.15) is 53.6 Å². The number of alkyl halides is 1. The Hall–Kier alpha value is -1.88. The molecule has 1 saturated carbocycles. The van der Waals surface area contributed by atoms with Crippen molar-refractivity contribution in [1.29, 1.82) is 0 Å². The summed E-state index contributed by atoms with van der Waals surface area (Å²) in [7, 11) is 0. The highest BCUT2D eigenvalue weighted by molar-refractivity contribution is 6.18. The maximum atomic E-state index is 14.1. The molecule has 24 heavy (non-hydrogen) atoms. The number of hydrogen-bond acceptors (Lipinski definition) is 3. The number of aromatic nitrogens is 1. The second-order valence-electron chi connectivity index (χ2n) is 6.45. The van der Waals surface area contributed by atoms with Crippen molar-refractivity contribution in [3.05, 3.63) is 45.5 Å². The predicted octanol–water partition coefficient (Wildman–Crippen LogP) is 3.75. The lowest BCUT2D eigenvalue weighted by Crippen LogP contribution is -2.22. The van der Waals surface area contributed by atoms with Crippen LogP contribution in [0.15, 0.2) is 23.1 Å². The molecule has 4 nitrogen and oxygen atoms in total. The van der Waals surface area contributed by atoms with Crippen LogP contribution in [0.3, 0.4) is 0 Å². The van der Waals surface area contributed by atoms with Crippen LogP contribution in [-0.4, -0.2) is 23.0 Å². The number of carbonyl (C=O) groups excluding carboxylic acids is 1. The van der Waals surface area contributed by atoms with E-state index in [0.29, 0.717) is 0 Å². The number of benzene rings is 1. The van der Waals surface area contributed by atoms with Gasteiger partial charge >= 0.3 is 5.97 Å². The molecule has 1 aromatic carbocycles. The minimum absolute atomic E-state index is 0.0400. The predicted molar refractivity (Wildman–Crippen MR) is 89.4 cm³/mol. The fourth-order valence-electron chi connectivity index (χ4n) is 4.19. The molecule has 2 atom stereocenters. The van der Waals surface area contributed by atoms with Crippen LogP contribution in [0, 0.1) is 5.82 Å². The summed E-state index contributed by atoms with van der Waals surface area (Å²) in [6.07, 6.45) is 5.73. The maximum Gasteiger partial charge on any atom is 0.343 e. The molecule has 2 aromatic rings. The second-order valence-corrected chi connectivity index (χ2v) is 6.83. The lowest BCUT2D eigenvalue weighted by molar-refractivity contribution is 0.0526. The van der Waals surface area contributed by atoms with Gasteiger partial charge in [0.1, 0.15) is 18.0 Å². The van der Waals surface area contributed by atoms with Crippen molar-refractivity contribution < 1.29 is 13.9 Å². The molecule has 0 saturated heterocycles. The molecule has 2 unspecified atom stereocenters. The van der Waals surface area contributed by atoms with E-state index in [9.17, 15) is 14.0 Å². The van der Waals surface area contributed by atoms with Crippen LogP contribution in [0.2, 0.25) is 0 Å². The third-order valence-corrected chi connectivity index (χ3v) is 5.29. The van der Waals surface area contributed by atoms with E-state index in [1.807, 2.05) is 4.57 Å². The summed E-state index contributed by atoms with van der Waals surface area (Å²) in [5.41, 5.74) is 1.15. The molecular formula is C18H17ClFNO3. The van der Waals surface area contributed by atoms with E-state index < -0.39 is 17.2 Å². The number of hydrogen-bond donors (Lipinski definition) is 0. The van der Waals surface area contributed by atoms with E-state index in [-0.39, 0.29) is 35.4 Å². The SMILES string of the molecule is O=C(OCCCl)c1cn2c3c(cc(F)cc3c1=O)C1CCCCC12. The van der Waals surface area contributed by atoms with E-state index in [0.717, 1.165) is 36.8 Å². The Bertz CT molecular complexity index is 892. The molecule has 1 aliphatic carbocycles. The zero-order valence-electron chi connectivity index (χ0n) is 13.1. The fraction of sp³-hybridized carbons (Fsp3) is 0.444. The first-order valence-corrected chi connectivity index (χ1v) is 8.76. The van der Waals surface area contributed by atoms with Gasteiger partial charge in [0.05, 0.1) is 11.4 Å². The highest BCUT2D eigenvalue weighted by Crippen LogP contribution is 2.49. The number of ether oxygens (including phenoxy) is 1. The molecule has 2 heterocycles. The van der Waals surface area contributed by atoms with Crippen molar-refractivity contribution in [2.75, 3.05) is 12.5 Å². The topological polar surface area (TPSA) is 48.3 Å². The average molecular weight is 350 g/mol. The smallest absolute Gasteiger partial charge is 0.343 e. The Morgan fingerprint density at radius 2 is 2.12 bits per heavy atom. The van der Waals surface area contributed by atoms with Crippen molar-refractivity contribution in [3.63, 3.8) is 0 Å². The Balaban J connectivity index is 1.95. The van der Waals surface area contributed by atoms with E-state index >= 15 is 0 Å². The van der Waals surface area contributed by atoms with Gasteiger partial charge in [-0.2, -0.15) is 0 Å². The van der Waals surface area contributed by atoms with E-state index in [2.05, 4.69) is 0 Å². The molecule has 0 spiro atoms. The number of carbonyl (C=O) groups is 1. The van der Waals surface area contributed by atoms with Gasteiger partial charge in [-0.25, -0.2) is 9.18 Å². The molecule has 1 fully saturated rings. The van der Waals surface area contributed by atoms with E-state index in [4.69, 9.17) is 16.3 Å². The molecule has 2 aliphatic rings. The summed E-state index contributed by atoms with van der Waals surface area (Å²) in [5.74, 6) is -0.753. The Morgan fingerprint density at radius 3 is 2.92 bits per heavy atom. The minimum Gasteiger partial charge on any atom is -0.461 e. The van der Waals surface area contributed by atoms with Gasteiger partial charge in [-0.05, 0) is 30.5 Å². The Morgan fingerprint density at radius 1 is 1.33 bits per heavy atom. The summed E-state index contributed by atoms with van der Waals surface area (Å²) in [6, 6.07) is 2.95. The average Bonchev–Trinajstić information content (AvgIpc) is 2.90. The summed E-state index contributed by atoms with van der Waals surface area (Å²) >= 11 is 5.54. The van der Waals surface area contributed by atoms with Crippen LogP contribution in [0.4, 0.5) is 4.39 Å². The number of fused-ring (bicyclic) bond motifs is 3. The van der Waals surface area contributed by atoms with Crippen LogP contribution in [0.25, 0.3) is 10.9 Å². The monoisotopic (exact) mass is 349 g/mol. The maximum absolute atomic E-state index is 14.1. The number of esters is 1. The third-order valence-electron chi connectivity index (χ3n) is 5.14.